The van der Waals surface area contributed by atoms with Gasteiger partial charge in [0.05, 0.1) is 11.3 Å². The van der Waals surface area contributed by atoms with Gasteiger partial charge in [-0.25, -0.2) is 9.59 Å². The molecule has 0 unspecified atom stereocenters. The number of anilines is 1. The van der Waals surface area contributed by atoms with Gasteiger partial charge in [0.25, 0.3) is 0 Å². The summed E-state index contributed by atoms with van der Waals surface area (Å²) in [6.45, 7) is 0.475. The minimum atomic E-state index is -1.07. The molecule has 0 fully saturated rings. The van der Waals surface area contributed by atoms with E-state index in [1.165, 1.54) is 6.07 Å². The van der Waals surface area contributed by atoms with Crippen molar-refractivity contribution in [2.24, 2.45) is 0 Å². The van der Waals surface area contributed by atoms with Crippen molar-refractivity contribution < 1.29 is 14.7 Å². The van der Waals surface area contributed by atoms with Crippen molar-refractivity contribution in [2.45, 2.75) is 6.42 Å². The summed E-state index contributed by atoms with van der Waals surface area (Å²) in [5.74, 6) is -1.07. The molecule has 0 aliphatic heterocycles. The number of urea groups is 1. The molecular weight excluding hydrogens is 395 g/mol. The Morgan fingerprint density at radius 2 is 1.82 bits per heavy atom. The molecule has 2 aromatic rings. The van der Waals surface area contributed by atoms with Gasteiger partial charge in [-0.15, -0.1) is 0 Å². The Bertz CT molecular complexity index is 674. The average molecular weight is 410 g/mol. The number of nitrogens with one attached hydrogen (secondary N) is 2. The summed E-state index contributed by atoms with van der Waals surface area (Å²) < 4.78 is 0.796. The van der Waals surface area contributed by atoms with Crippen molar-refractivity contribution in [3.05, 3.63) is 63.2 Å². The summed E-state index contributed by atoms with van der Waals surface area (Å²) in [7, 11) is 0. The SMILES string of the molecule is O=C(NCCc1ccccc1)Nc1ccc(I)cc1C(=O)O. The van der Waals surface area contributed by atoms with Crippen LogP contribution in [0.5, 0.6) is 0 Å². The van der Waals surface area contributed by atoms with Gasteiger partial charge in [-0.05, 0) is 52.8 Å². The number of amides is 2. The van der Waals surface area contributed by atoms with E-state index in [0.29, 0.717) is 13.0 Å². The standard InChI is InChI=1S/C16H15IN2O3/c17-12-6-7-14(13(10-12)15(20)21)19-16(22)18-9-8-11-4-2-1-3-5-11/h1-7,10H,8-9H2,(H,20,21)(H2,18,19,22). The third kappa shape index (κ3) is 4.73. The quantitative estimate of drug-likeness (QED) is 0.662. The molecule has 3 N–H and O–H groups in total. The number of carbonyl (C=O) groups excluding carboxylic acids is 1. The van der Waals surface area contributed by atoms with E-state index in [0.717, 1.165) is 9.13 Å². The highest BCUT2D eigenvalue weighted by Gasteiger charge is 2.12. The van der Waals surface area contributed by atoms with E-state index in [9.17, 15) is 9.59 Å². The molecule has 0 saturated carbocycles. The van der Waals surface area contributed by atoms with Crippen molar-refractivity contribution in [1.29, 1.82) is 0 Å². The van der Waals surface area contributed by atoms with E-state index in [1.807, 2.05) is 52.9 Å². The average Bonchev–Trinajstić information content (AvgIpc) is 2.50. The molecule has 114 valence electrons. The number of carbonyl (C=O) groups is 2. The van der Waals surface area contributed by atoms with Crippen LogP contribution in [0, 0.1) is 3.57 Å². The Labute approximate surface area is 141 Å². The smallest absolute Gasteiger partial charge is 0.337 e. The van der Waals surface area contributed by atoms with E-state index >= 15 is 0 Å². The second kappa shape index (κ2) is 7.79. The number of aromatic carboxylic acids is 1. The minimum absolute atomic E-state index is 0.0742. The monoisotopic (exact) mass is 410 g/mol. The van der Waals surface area contributed by atoms with Crippen molar-refractivity contribution >= 4 is 40.3 Å². The van der Waals surface area contributed by atoms with Gasteiger partial charge < -0.3 is 15.7 Å². The maximum Gasteiger partial charge on any atom is 0.337 e. The van der Waals surface area contributed by atoms with Gasteiger partial charge in [-0.1, -0.05) is 30.3 Å². The summed E-state index contributed by atoms with van der Waals surface area (Å²) >= 11 is 2.03. The Kier molecular flexibility index (Phi) is 5.76. The first-order valence-corrected chi connectivity index (χ1v) is 7.76. The van der Waals surface area contributed by atoms with E-state index < -0.39 is 12.0 Å². The highest BCUT2D eigenvalue weighted by molar-refractivity contribution is 14.1. The molecule has 0 radical (unpaired) electrons. The number of benzene rings is 2. The summed E-state index contributed by atoms with van der Waals surface area (Å²) in [6, 6.07) is 14.2. The second-order valence-electron chi connectivity index (χ2n) is 4.61. The molecule has 6 heteroatoms. The third-order valence-electron chi connectivity index (χ3n) is 3.00. The Morgan fingerprint density at radius 1 is 1.09 bits per heavy atom. The fraction of sp³-hybridized carbons (Fsp3) is 0.125. The van der Waals surface area contributed by atoms with Crippen LogP contribution in [-0.2, 0) is 6.42 Å². The Morgan fingerprint density at radius 3 is 2.50 bits per heavy atom. The Balaban J connectivity index is 1.91. The van der Waals surface area contributed by atoms with Gasteiger partial charge in [-0.3, -0.25) is 0 Å². The van der Waals surface area contributed by atoms with E-state index in [-0.39, 0.29) is 11.3 Å². The first kappa shape index (κ1) is 16.3. The molecule has 0 aromatic heterocycles. The summed E-state index contributed by atoms with van der Waals surface area (Å²) in [4.78, 5) is 23.0. The van der Waals surface area contributed by atoms with Crippen LogP contribution in [0.3, 0.4) is 0 Å². The van der Waals surface area contributed by atoms with Crippen molar-refractivity contribution in [1.82, 2.24) is 5.32 Å². The zero-order chi connectivity index (χ0) is 15.9. The first-order valence-electron chi connectivity index (χ1n) is 6.68. The zero-order valence-corrected chi connectivity index (χ0v) is 13.8. The van der Waals surface area contributed by atoms with Gasteiger partial charge in [0.2, 0.25) is 0 Å². The van der Waals surface area contributed by atoms with E-state index in [4.69, 9.17) is 5.11 Å². The second-order valence-corrected chi connectivity index (χ2v) is 5.86. The molecule has 0 aliphatic rings. The van der Waals surface area contributed by atoms with Crippen LogP contribution in [0.2, 0.25) is 0 Å². The molecule has 0 heterocycles. The number of carboxylic acids is 1. The molecule has 0 bridgehead atoms. The van der Waals surface area contributed by atoms with Crippen molar-refractivity contribution in [3.8, 4) is 0 Å². The van der Waals surface area contributed by atoms with Gasteiger partial charge in [0.15, 0.2) is 0 Å². The maximum atomic E-state index is 11.8. The summed E-state index contributed by atoms with van der Waals surface area (Å²) in [5, 5.41) is 14.4. The van der Waals surface area contributed by atoms with Crippen LogP contribution in [-0.4, -0.2) is 23.7 Å². The molecule has 2 aromatic carbocycles. The maximum absolute atomic E-state index is 11.8. The molecule has 0 aliphatic carbocycles. The van der Waals surface area contributed by atoms with Crippen LogP contribution in [0.25, 0.3) is 0 Å². The molecule has 2 rings (SSSR count). The molecule has 22 heavy (non-hydrogen) atoms. The lowest BCUT2D eigenvalue weighted by molar-refractivity contribution is 0.0698. The fourth-order valence-electron chi connectivity index (χ4n) is 1.93. The Hall–Kier alpha value is -2.09. The first-order chi connectivity index (χ1) is 10.6. The normalized spacial score (nSPS) is 10.0. The molecule has 5 nitrogen and oxygen atoms in total. The van der Waals surface area contributed by atoms with Crippen LogP contribution in [0.1, 0.15) is 15.9 Å². The molecular formula is C16H15IN2O3. The van der Waals surface area contributed by atoms with Gasteiger partial charge in [0, 0.05) is 10.1 Å². The van der Waals surface area contributed by atoms with Crippen LogP contribution in [0.4, 0.5) is 10.5 Å². The number of carboxylic acid groups (broad SMARTS) is 1. The topological polar surface area (TPSA) is 78.4 Å². The number of rotatable bonds is 5. The lowest BCUT2D eigenvalue weighted by Crippen LogP contribution is -2.31. The van der Waals surface area contributed by atoms with Gasteiger partial charge in [0.1, 0.15) is 0 Å². The van der Waals surface area contributed by atoms with E-state index in [2.05, 4.69) is 10.6 Å². The lowest BCUT2D eigenvalue weighted by atomic mass is 10.1. The highest BCUT2D eigenvalue weighted by atomic mass is 127. The molecule has 0 atom stereocenters. The number of hydrogen-bond donors (Lipinski definition) is 3. The summed E-state index contributed by atoms with van der Waals surface area (Å²) in [5.41, 5.74) is 1.48. The fourth-order valence-corrected chi connectivity index (χ4v) is 2.43. The van der Waals surface area contributed by atoms with Crippen molar-refractivity contribution in [3.63, 3.8) is 0 Å². The minimum Gasteiger partial charge on any atom is -0.478 e. The number of halogens is 1. The van der Waals surface area contributed by atoms with Crippen LogP contribution in [0.15, 0.2) is 48.5 Å². The zero-order valence-electron chi connectivity index (χ0n) is 11.7. The van der Waals surface area contributed by atoms with Gasteiger partial charge in [-0.2, -0.15) is 0 Å². The van der Waals surface area contributed by atoms with Crippen molar-refractivity contribution in [2.75, 3.05) is 11.9 Å². The highest BCUT2D eigenvalue weighted by Crippen LogP contribution is 2.18. The predicted octanol–water partition coefficient (Wildman–Crippen LogP) is 3.35. The molecule has 0 saturated heterocycles. The molecule has 2 amide bonds. The summed E-state index contributed by atoms with van der Waals surface area (Å²) in [6.07, 6.45) is 0.715. The predicted molar refractivity (Wildman–Crippen MR) is 93.3 cm³/mol. The molecule has 0 spiro atoms. The van der Waals surface area contributed by atoms with E-state index in [1.54, 1.807) is 12.1 Å². The number of hydrogen-bond acceptors (Lipinski definition) is 2. The third-order valence-corrected chi connectivity index (χ3v) is 3.67. The largest absolute Gasteiger partial charge is 0.478 e. The lowest BCUT2D eigenvalue weighted by Gasteiger charge is -2.10. The van der Waals surface area contributed by atoms with Crippen LogP contribution >= 0.6 is 22.6 Å². The van der Waals surface area contributed by atoms with Gasteiger partial charge >= 0.3 is 12.0 Å². The van der Waals surface area contributed by atoms with Crippen LogP contribution < -0.4 is 10.6 Å².